The van der Waals surface area contributed by atoms with E-state index in [-0.39, 0.29) is 12.0 Å². The molecule has 1 N–H and O–H groups in total. The fraction of sp³-hybridized carbons (Fsp3) is 0.632. The second kappa shape index (κ2) is 8.60. The highest BCUT2D eigenvalue weighted by Gasteiger charge is 2.25. The number of carbonyl (C=O) groups is 1. The molecule has 1 unspecified atom stereocenters. The lowest BCUT2D eigenvalue weighted by Gasteiger charge is -2.33. The molecular weight excluding hydrogens is 302 g/mol. The number of rotatable bonds is 5. The Balaban J connectivity index is 1.42. The van der Waals surface area contributed by atoms with Gasteiger partial charge in [-0.1, -0.05) is 30.3 Å². The third-order valence-corrected chi connectivity index (χ3v) is 4.97. The number of amides is 1. The Kier molecular flexibility index (Phi) is 6.24. The number of ether oxygens (including phenoxy) is 1. The first-order chi connectivity index (χ1) is 11.7. The van der Waals surface area contributed by atoms with E-state index in [2.05, 4.69) is 46.4 Å². The molecule has 5 nitrogen and oxygen atoms in total. The number of benzene rings is 1. The van der Waals surface area contributed by atoms with Gasteiger partial charge in [0.2, 0.25) is 5.91 Å². The summed E-state index contributed by atoms with van der Waals surface area (Å²) in [5, 5.41) is 3.19. The largest absolute Gasteiger partial charge is 0.375 e. The first kappa shape index (κ1) is 17.4. The molecule has 0 bridgehead atoms. The maximum atomic E-state index is 12.3. The predicted molar refractivity (Wildman–Crippen MR) is 94.7 cm³/mol. The van der Waals surface area contributed by atoms with Crippen LogP contribution in [0.1, 0.15) is 24.8 Å². The van der Waals surface area contributed by atoms with Crippen molar-refractivity contribution in [3.8, 4) is 0 Å². The Morgan fingerprint density at radius 2 is 1.96 bits per heavy atom. The van der Waals surface area contributed by atoms with Gasteiger partial charge in [-0.25, -0.2) is 0 Å². The van der Waals surface area contributed by atoms with Crippen LogP contribution in [0.2, 0.25) is 0 Å². The van der Waals surface area contributed by atoms with Gasteiger partial charge >= 0.3 is 0 Å². The molecule has 2 aliphatic rings. The molecule has 1 aromatic carbocycles. The summed E-state index contributed by atoms with van der Waals surface area (Å²) in [4.78, 5) is 17.0. The van der Waals surface area contributed by atoms with Gasteiger partial charge in [-0.15, -0.1) is 0 Å². The van der Waals surface area contributed by atoms with Crippen LogP contribution in [-0.2, 0) is 16.1 Å². The number of hydrogen-bond donors (Lipinski definition) is 1. The van der Waals surface area contributed by atoms with Crippen LogP contribution in [-0.4, -0.2) is 67.7 Å². The van der Waals surface area contributed by atoms with Crippen LogP contribution in [0, 0.1) is 0 Å². The molecule has 2 heterocycles. The van der Waals surface area contributed by atoms with E-state index in [1.54, 1.807) is 0 Å². The van der Waals surface area contributed by atoms with Crippen LogP contribution >= 0.6 is 0 Å². The van der Waals surface area contributed by atoms with E-state index in [1.807, 2.05) is 6.07 Å². The monoisotopic (exact) mass is 331 g/mol. The minimum Gasteiger partial charge on any atom is -0.375 e. The maximum absolute atomic E-state index is 12.3. The predicted octanol–water partition coefficient (Wildman–Crippen LogP) is 1.49. The quantitative estimate of drug-likeness (QED) is 0.888. The normalized spacial score (nSPS) is 24.0. The van der Waals surface area contributed by atoms with Gasteiger partial charge in [-0.2, -0.15) is 0 Å². The van der Waals surface area contributed by atoms with Gasteiger partial charge in [0, 0.05) is 25.7 Å². The smallest absolute Gasteiger partial charge is 0.222 e. The fourth-order valence-electron chi connectivity index (χ4n) is 3.54. The van der Waals surface area contributed by atoms with Crippen molar-refractivity contribution < 1.29 is 9.53 Å². The number of piperidine rings is 1. The van der Waals surface area contributed by atoms with Crippen LogP contribution in [0.15, 0.2) is 30.3 Å². The van der Waals surface area contributed by atoms with Crippen LogP contribution in [0.5, 0.6) is 0 Å². The molecule has 2 saturated heterocycles. The molecule has 1 amide bonds. The van der Waals surface area contributed by atoms with Gasteiger partial charge in [-0.3, -0.25) is 9.69 Å². The lowest BCUT2D eigenvalue weighted by Crippen LogP contribution is -2.47. The summed E-state index contributed by atoms with van der Waals surface area (Å²) in [5.74, 6) is 0.135. The minimum absolute atomic E-state index is 0.00808. The highest BCUT2D eigenvalue weighted by Crippen LogP contribution is 2.14. The standard InChI is InChI=1S/C19H29N3O2/c1-21-9-7-17(8-10-21)20-19(23)13-18-15-22(11-12-24-18)14-16-5-3-2-4-6-16/h2-6,17-18H,7-15H2,1H3,(H,20,23). The Hall–Kier alpha value is -1.43. The highest BCUT2D eigenvalue weighted by molar-refractivity contribution is 5.76. The molecule has 5 heteroatoms. The van der Waals surface area contributed by atoms with E-state index in [0.717, 1.165) is 45.6 Å². The molecule has 1 aromatic rings. The SMILES string of the molecule is CN1CCC(NC(=O)CC2CN(Cc3ccccc3)CCO2)CC1. The van der Waals surface area contributed by atoms with Gasteiger partial charge in [0.15, 0.2) is 0 Å². The summed E-state index contributed by atoms with van der Waals surface area (Å²) >= 11 is 0. The second-order valence-corrected chi connectivity index (χ2v) is 7.06. The number of likely N-dealkylation sites (tertiary alicyclic amines) is 1. The van der Waals surface area contributed by atoms with Gasteiger partial charge < -0.3 is 15.0 Å². The van der Waals surface area contributed by atoms with Crippen molar-refractivity contribution in [2.45, 2.75) is 38.0 Å². The number of morpholine rings is 1. The summed E-state index contributed by atoms with van der Waals surface area (Å²) in [6.07, 6.45) is 2.58. The third-order valence-electron chi connectivity index (χ3n) is 4.97. The number of hydrogen-bond acceptors (Lipinski definition) is 4. The van der Waals surface area contributed by atoms with Crippen LogP contribution in [0.3, 0.4) is 0 Å². The van der Waals surface area contributed by atoms with Gasteiger partial charge in [0.1, 0.15) is 0 Å². The Labute approximate surface area is 145 Å². The molecule has 0 aliphatic carbocycles. The molecular formula is C19H29N3O2. The van der Waals surface area contributed by atoms with E-state index in [9.17, 15) is 4.79 Å². The molecule has 2 fully saturated rings. The van der Waals surface area contributed by atoms with Crippen molar-refractivity contribution in [3.05, 3.63) is 35.9 Å². The Morgan fingerprint density at radius 3 is 2.71 bits per heavy atom. The molecule has 3 rings (SSSR count). The lowest BCUT2D eigenvalue weighted by molar-refractivity contribution is -0.127. The van der Waals surface area contributed by atoms with Crippen LogP contribution in [0.4, 0.5) is 0 Å². The second-order valence-electron chi connectivity index (χ2n) is 7.06. The van der Waals surface area contributed by atoms with Gasteiger partial charge in [0.05, 0.1) is 19.1 Å². The fourth-order valence-corrected chi connectivity index (χ4v) is 3.54. The summed E-state index contributed by atoms with van der Waals surface area (Å²) in [7, 11) is 2.13. The molecule has 0 radical (unpaired) electrons. The summed E-state index contributed by atoms with van der Waals surface area (Å²) in [6.45, 7) is 5.53. The van der Waals surface area contributed by atoms with E-state index in [0.29, 0.717) is 19.1 Å². The first-order valence-electron chi connectivity index (χ1n) is 9.05. The van der Waals surface area contributed by atoms with Crippen LogP contribution < -0.4 is 5.32 Å². The summed E-state index contributed by atoms with van der Waals surface area (Å²) in [5.41, 5.74) is 1.31. The third kappa shape index (κ3) is 5.30. The molecule has 0 saturated carbocycles. The molecule has 1 atom stereocenters. The Bertz CT molecular complexity index is 515. The topological polar surface area (TPSA) is 44.8 Å². The van der Waals surface area contributed by atoms with Gasteiger partial charge in [-0.05, 0) is 38.5 Å². The number of carbonyl (C=O) groups excluding carboxylic acids is 1. The average Bonchev–Trinajstić information content (AvgIpc) is 2.58. The van der Waals surface area contributed by atoms with Crippen molar-refractivity contribution in [2.24, 2.45) is 0 Å². The van der Waals surface area contributed by atoms with E-state index in [4.69, 9.17) is 4.74 Å². The Morgan fingerprint density at radius 1 is 1.21 bits per heavy atom. The molecule has 132 valence electrons. The molecule has 0 aromatic heterocycles. The lowest BCUT2D eigenvalue weighted by atomic mass is 10.0. The summed E-state index contributed by atoms with van der Waals surface area (Å²) < 4.78 is 5.81. The van der Waals surface area contributed by atoms with E-state index < -0.39 is 0 Å². The first-order valence-corrected chi connectivity index (χ1v) is 9.05. The average molecular weight is 331 g/mol. The summed E-state index contributed by atoms with van der Waals surface area (Å²) in [6, 6.07) is 10.8. The number of nitrogens with zero attached hydrogens (tertiary/aromatic N) is 2. The molecule has 24 heavy (non-hydrogen) atoms. The van der Waals surface area contributed by atoms with Crippen molar-refractivity contribution in [2.75, 3.05) is 39.8 Å². The van der Waals surface area contributed by atoms with Crippen LogP contribution in [0.25, 0.3) is 0 Å². The van der Waals surface area contributed by atoms with Crippen molar-refractivity contribution in [1.82, 2.24) is 15.1 Å². The van der Waals surface area contributed by atoms with Gasteiger partial charge in [0.25, 0.3) is 0 Å². The van der Waals surface area contributed by atoms with Crippen molar-refractivity contribution >= 4 is 5.91 Å². The highest BCUT2D eigenvalue weighted by atomic mass is 16.5. The zero-order valence-electron chi connectivity index (χ0n) is 14.6. The minimum atomic E-state index is 0.00808. The number of nitrogens with one attached hydrogen (secondary N) is 1. The zero-order valence-corrected chi connectivity index (χ0v) is 14.6. The maximum Gasteiger partial charge on any atom is 0.222 e. The molecule has 2 aliphatic heterocycles. The zero-order chi connectivity index (χ0) is 16.8. The van der Waals surface area contributed by atoms with Crippen molar-refractivity contribution in [3.63, 3.8) is 0 Å². The van der Waals surface area contributed by atoms with E-state index in [1.165, 1.54) is 5.56 Å². The molecule has 0 spiro atoms. The van der Waals surface area contributed by atoms with Crippen molar-refractivity contribution in [1.29, 1.82) is 0 Å². The van der Waals surface area contributed by atoms with E-state index >= 15 is 0 Å².